The molecule has 1 fully saturated rings. The highest BCUT2D eigenvalue weighted by atomic mass is 19.1. The van der Waals surface area contributed by atoms with Crippen LogP contribution in [0.25, 0.3) is 0 Å². The molecule has 16 nitrogen and oxygen atoms in total. The number of nitrogens with one attached hydrogen (secondary N) is 3. The van der Waals surface area contributed by atoms with E-state index < -0.39 is 66.6 Å². The minimum absolute atomic E-state index is 0.0831. The average Bonchev–Trinajstić information content (AvgIpc) is 2.99. The monoisotopic (exact) mass is 616 g/mol. The average molecular weight is 616 g/mol. The Bertz CT molecular complexity index is 1460. The van der Waals surface area contributed by atoms with Crippen LogP contribution in [0.2, 0.25) is 0 Å². The van der Waals surface area contributed by atoms with Crippen molar-refractivity contribution in [2.45, 2.75) is 31.7 Å². The number of pyridine rings is 1. The molecule has 2 aliphatic heterocycles. The van der Waals surface area contributed by atoms with Gasteiger partial charge < -0.3 is 40.5 Å². The second-order valence-electron chi connectivity index (χ2n) is 9.85. The van der Waals surface area contributed by atoms with Gasteiger partial charge >= 0.3 is 24.9 Å². The number of hydrogen-bond acceptors (Lipinski definition) is 11. The quantitative estimate of drug-likeness (QED) is 0.0782. The summed E-state index contributed by atoms with van der Waals surface area (Å²) < 4.78 is 20.8. The molecule has 44 heavy (non-hydrogen) atoms. The molecule has 0 saturated carbocycles. The van der Waals surface area contributed by atoms with Gasteiger partial charge in [-0.05, 0) is 31.0 Å². The molecular formula is C26H30BFN6O10. The summed E-state index contributed by atoms with van der Waals surface area (Å²) in [4.78, 5) is 68.3. The number of aliphatic hydroxyl groups excluding tert-OH is 2. The van der Waals surface area contributed by atoms with Gasteiger partial charge in [-0.15, -0.1) is 0 Å². The summed E-state index contributed by atoms with van der Waals surface area (Å²) >= 11 is 0. The van der Waals surface area contributed by atoms with Crippen LogP contribution >= 0.6 is 0 Å². The Morgan fingerprint density at radius 2 is 1.98 bits per heavy atom. The Labute approximate surface area is 249 Å². The molecule has 0 aliphatic carbocycles. The number of piperazine rings is 1. The number of carbonyl (C=O) groups is 5. The van der Waals surface area contributed by atoms with E-state index in [2.05, 4.69) is 20.9 Å². The number of nitrogens with zero attached hydrogens (tertiary/aromatic N) is 3. The number of benzene rings is 1. The molecule has 234 valence electrons. The van der Waals surface area contributed by atoms with Gasteiger partial charge in [0.2, 0.25) is 5.91 Å². The Kier molecular flexibility index (Phi) is 10.1. The third-order valence-corrected chi connectivity index (χ3v) is 7.08. The number of carboxylic acid groups (broad SMARTS) is 1. The minimum Gasteiger partial charge on any atom is -0.534 e. The fraction of sp³-hybridized carbons (Fsp3) is 0.385. The third kappa shape index (κ3) is 6.78. The number of aromatic nitrogens is 1. The predicted molar refractivity (Wildman–Crippen MR) is 147 cm³/mol. The maximum absolute atomic E-state index is 15.4. The van der Waals surface area contributed by atoms with E-state index in [0.29, 0.717) is 5.56 Å². The van der Waals surface area contributed by atoms with Gasteiger partial charge in [0.15, 0.2) is 6.35 Å². The molecule has 3 heterocycles. The summed E-state index contributed by atoms with van der Waals surface area (Å²) in [5, 5.41) is 47.0. The summed E-state index contributed by atoms with van der Waals surface area (Å²) in [6, 6.07) is 3.21. The van der Waals surface area contributed by atoms with Crippen LogP contribution in [0.3, 0.4) is 0 Å². The Morgan fingerprint density at radius 3 is 2.64 bits per heavy atom. The molecule has 4 rings (SSSR count). The van der Waals surface area contributed by atoms with Gasteiger partial charge in [-0.25, -0.2) is 9.18 Å². The van der Waals surface area contributed by atoms with Crippen molar-refractivity contribution in [2.24, 2.45) is 0 Å². The maximum atomic E-state index is 15.4. The molecule has 4 amide bonds. The third-order valence-electron chi connectivity index (χ3n) is 7.08. The molecule has 18 heteroatoms. The summed E-state index contributed by atoms with van der Waals surface area (Å²) in [5.74, 6) is -7.47. The molecule has 2 aromatic rings. The molecule has 2 unspecified atom stereocenters. The second-order valence-corrected chi connectivity index (χ2v) is 9.85. The van der Waals surface area contributed by atoms with E-state index in [9.17, 15) is 39.2 Å². The van der Waals surface area contributed by atoms with E-state index in [1.54, 1.807) is 6.92 Å². The largest absolute Gasteiger partial charge is 0.547 e. The molecule has 0 bridgehead atoms. The number of halogens is 1. The zero-order valence-electron chi connectivity index (χ0n) is 23.4. The number of carboxylic acids is 1. The van der Waals surface area contributed by atoms with Gasteiger partial charge in [-0.3, -0.25) is 34.4 Å². The predicted octanol–water partition coefficient (Wildman–Crippen LogP) is -2.62. The van der Waals surface area contributed by atoms with Crippen LogP contribution in [0.4, 0.5) is 4.39 Å². The molecular weight excluding hydrogens is 586 g/mol. The minimum atomic E-state index is -1.97. The van der Waals surface area contributed by atoms with Crippen molar-refractivity contribution in [2.75, 3.05) is 32.8 Å². The SMILES string of the molecule is CCN1CCN(C(O)NC(C(=O)N[C@H]2Cc3cccc(C(=O)O)c3OB2O)c2ncc(C(=O)NCCO)cc2F)C(=O)C1=O. The first-order chi connectivity index (χ1) is 21.0. The number of carbonyl (C=O) groups excluding carboxylic acids is 4. The number of para-hydroxylation sites is 1. The van der Waals surface area contributed by atoms with Gasteiger partial charge in [0, 0.05) is 32.4 Å². The summed E-state index contributed by atoms with van der Waals surface area (Å²) in [5.41, 5.74) is -0.694. The van der Waals surface area contributed by atoms with Crippen LogP contribution in [-0.4, -0.2) is 117 Å². The first kappa shape index (κ1) is 32.3. The molecule has 1 aromatic heterocycles. The molecule has 0 spiro atoms. The van der Waals surface area contributed by atoms with Gasteiger partial charge in [0.1, 0.15) is 23.3 Å². The molecule has 3 atom stereocenters. The fourth-order valence-electron chi connectivity index (χ4n) is 4.78. The van der Waals surface area contributed by atoms with E-state index in [1.807, 2.05) is 0 Å². The van der Waals surface area contributed by atoms with Gasteiger partial charge in [-0.1, -0.05) is 12.1 Å². The van der Waals surface area contributed by atoms with E-state index in [1.165, 1.54) is 23.1 Å². The number of likely N-dealkylation sites (N-methyl/N-ethyl adjacent to an activating group) is 1. The lowest BCUT2D eigenvalue weighted by molar-refractivity contribution is -0.166. The topological polar surface area (TPSA) is 231 Å². The van der Waals surface area contributed by atoms with E-state index in [0.717, 1.165) is 17.2 Å². The van der Waals surface area contributed by atoms with E-state index in [-0.39, 0.29) is 56.1 Å². The van der Waals surface area contributed by atoms with Crippen molar-refractivity contribution in [1.29, 1.82) is 0 Å². The van der Waals surface area contributed by atoms with E-state index >= 15 is 4.39 Å². The summed E-state index contributed by atoms with van der Waals surface area (Å²) in [7, 11) is -1.73. The summed E-state index contributed by atoms with van der Waals surface area (Å²) in [6.07, 6.45) is -1.11. The lowest BCUT2D eigenvalue weighted by Gasteiger charge is -2.37. The van der Waals surface area contributed by atoms with Crippen molar-refractivity contribution in [3.8, 4) is 5.75 Å². The second kappa shape index (κ2) is 13.8. The Balaban J connectivity index is 1.61. The number of aromatic carboxylic acids is 1. The first-order valence-electron chi connectivity index (χ1n) is 13.6. The zero-order chi connectivity index (χ0) is 32.1. The number of rotatable bonds is 11. The number of fused-ring (bicyclic) bond motifs is 1. The molecule has 2 aliphatic rings. The van der Waals surface area contributed by atoms with Crippen LogP contribution in [0.1, 0.15) is 44.9 Å². The van der Waals surface area contributed by atoms with Crippen molar-refractivity contribution in [3.63, 3.8) is 0 Å². The number of amides is 4. The standard InChI is InChI=1S/C26H30BFN6O10/c1-2-33-7-8-34(24(39)23(33)38)26(42)32-19(18-16(28)10-14(12-30-18)21(36)29-6-9-35)22(37)31-17-11-13-4-3-5-15(25(40)41)20(13)44-27(17)43/h3-5,10,12,17,19,26,32,35,42-43H,2,6-9,11H2,1H3,(H,29,36)(H,31,37)(H,40,41)/t17-,19?,26?/m0/s1. The Morgan fingerprint density at radius 1 is 1.23 bits per heavy atom. The van der Waals surface area contributed by atoms with E-state index in [4.69, 9.17) is 9.76 Å². The van der Waals surface area contributed by atoms with Crippen LogP contribution in [0.5, 0.6) is 5.75 Å². The summed E-state index contributed by atoms with van der Waals surface area (Å²) in [6.45, 7) is 1.42. The highest BCUT2D eigenvalue weighted by Crippen LogP contribution is 2.30. The number of aliphatic hydroxyl groups is 2. The van der Waals surface area contributed by atoms with Gasteiger partial charge in [0.05, 0.1) is 23.7 Å². The van der Waals surface area contributed by atoms with Crippen LogP contribution in [0, 0.1) is 5.82 Å². The zero-order valence-corrected chi connectivity index (χ0v) is 23.4. The Hall–Kier alpha value is -4.65. The normalized spacial score (nSPS) is 17.8. The maximum Gasteiger partial charge on any atom is 0.547 e. The van der Waals surface area contributed by atoms with Gasteiger partial charge in [-0.2, -0.15) is 0 Å². The molecule has 1 aromatic carbocycles. The van der Waals surface area contributed by atoms with Gasteiger partial charge in [0.25, 0.3) is 5.91 Å². The highest BCUT2D eigenvalue weighted by molar-refractivity contribution is 6.47. The smallest absolute Gasteiger partial charge is 0.534 e. The first-order valence-corrected chi connectivity index (χ1v) is 13.6. The number of hydrogen-bond donors (Lipinski definition) is 7. The van der Waals surface area contributed by atoms with Crippen LogP contribution in [0.15, 0.2) is 30.5 Å². The van der Waals surface area contributed by atoms with Crippen molar-refractivity contribution >= 4 is 36.7 Å². The molecule has 7 N–H and O–H groups in total. The highest BCUT2D eigenvalue weighted by Gasteiger charge is 2.41. The van der Waals surface area contributed by atoms with Crippen LogP contribution in [-0.2, 0) is 20.8 Å². The molecule has 1 saturated heterocycles. The van der Waals surface area contributed by atoms with Crippen molar-refractivity contribution in [1.82, 2.24) is 30.7 Å². The fourth-order valence-corrected chi connectivity index (χ4v) is 4.78. The molecule has 0 radical (unpaired) electrons. The lowest BCUT2D eigenvalue weighted by atomic mass is 9.72. The van der Waals surface area contributed by atoms with Crippen molar-refractivity contribution in [3.05, 3.63) is 58.7 Å². The lowest BCUT2D eigenvalue weighted by Crippen LogP contribution is -2.62. The van der Waals surface area contributed by atoms with Crippen molar-refractivity contribution < 1.29 is 53.4 Å². The van der Waals surface area contributed by atoms with Crippen LogP contribution < -0.4 is 20.6 Å².